The molecule has 0 aliphatic rings. The molecule has 0 bridgehead atoms. The highest BCUT2D eigenvalue weighted by Gasteiger charge is 2.02. The fourth-order valence-electron chi connectivity index (χ4n) is 1.04. The molecule has 0 aliphatic carbocycles. The van der Waals surface area contributed by atoms with Gasteiger partial charge in [0.25, 0.3) is 0 Å². The molecule has 0 aromatic heterocycles. The maximum Gasteiger partial charge on any atom is 0.235 e. The third-order valence-corrected chi connectivity index (χ3v) is 1.84. The van der Waals surface area contributed by atoms with Crippen LogP contribution in [0, 0.1) is 0 Å². The molecule has 0 aliphatic heterocycles. The Morgan fingerprint density at radius 3 is 2.46 bits per heavy atom. The third kappa shape index (κ3) is 2.42. The SMILES string of the molecule is COc1ccc([C@H](C)N=C=O)cc1. The lowest BCUT2D eigenvalue weighted by atomic mass is 10.1. The van der Waals surface area contributed by atoms with E-state index in [1.807, 2.05) is 31.2 Å². The van der Waals surface area contributed by atoms with E-state index in [9.17, 15) is 4.79 Å². The van der Waals surface area contributed by atoms with Crippen LogP contribution in [-0.2, 0) is 4.79 Å². The number of carbonyl (C=O) groups excluding carboxylic acids is 1. The lowest BCUT2D eigenvalue weighted by Gasteiger charge is -2.05. The van der Waals surface area contributed by atoms with Gasteiger partial charge in [-0.2, -0.15) is 4.99 Å². The molecule has 0 amide bonds. The van der Waals surface area contributed by atoms with Crippen LogP contribution in [0.4, 0.5) is 0 Å². The van der Waals surface area contributed by atoms with Crippen molar-refractivity contribution in [2.24, 2.45) is 4.99 Å². The second-order valence-corrected chi connectivity index (χ2v) is 2.67. The van der Waals surface area contributed by atoms with Crippen LogP contribution in [0.2, 0.25) is 0 Å². The van der Waals surface area contributed by atoms with Crippen molar-refractivity contribution in [1.82, 2.24) is 0 Å². The molecule has 0 fully saturated rings. The number of hydrogen-bond donors (Lipinski definition) is 0. The predicted octanol–water partition coefficient (Wildman–Crippen LogP) is 2.09. The number of methoxy groups -OCH3 is 1. The molecule has 0 unspecified atom stereocenters. The summed E-state index contributed by atoms with van der Waals surface area (Å²) in [6.45, 7) is 1.84. The number of aliphatic imine (C=N–C) groups is 1. The van der Waals surface area contributed by atoms with Gasteiger partial charge in [0, 0.05) is 0 Å². The first-order valence-corrected chi connectivity index (χ1v) is 3.99. The van der Waals surface area contributed by atoms with Gasteiger partial charge >= 0.3 is 0 Å². The van der Waals surface area contributed by atoms with Crippen molar-refractivity contribution < 1.29 is 9.53 Å². The van der Waals surface area contributed by atoms with Crippen molar-refractivity contribution in [3.05, 3.63) is 29.8 Å². The quantitative estimate of drug-likeness (QED) is 0.523. The van der Waals surface area contributed by atoms with E-state index in [0.29, 0.717) is 0 Å². The van der Waals surface area contributed by atoms with Gasteiger partial charge in [0.2, 0.25) is 6.08 Å². The predicted molar refractivity (Wildman–Crippen MR) is 49.5 cm³/mol. The topological polar surface area (TPSA) is 38.7 Å². The summed E-state index contributed by atoms with van der Waals surface area (Å²) >= 11 is 0. The van der Waals surface area contributed by atoms with Gasteiger partial charge in [-0.25, -0.2) is 4.79 Å². The van der Waals surface area contributed by atoms with E-state index in [1.165, 1.54) is 6.08 Å². The van der Waals surface area contributed by atoms with Crippen molar-refractivity contribution in [2.45, 2.75) is 13.0 Å². The summed E-state index contributed by atoms with van der Waals surface area (Å²) in [6.07, 6.45) is 1.54. The van der Waals surface area contributed by atoms with Gasteiger partial charge in [-0.3, -0.25) is 0 Å². The van der Waals surface area contributed by atoms with E-state index >= 15 is 0 Å². The first kappa shape index (κ1) is 9.49. The first-order chi connectivity index (χ1) is 6.27. The van der Waals surface area contributed by atoms with Crippen LogP contribution in [0.15, 0.2) is 29.3 Å². The second kappa shape index (κ2) is 4.43. The van der Waals surface area contributed by atoms with Gasteiger partial charge in [-0.15, -0.1) is 0 Å². The molecule has 0 N–H and O–H groups in total. The molecule has 1 aromatic carbocycles. The van der Waals surface area contributed by atoms with Gasteiger partial charge in [0.15, 0.2) is 0 Å². The molecule has 0 spiro atoms. The lowest BCUT2D eigenvalue weighted by molar-refractivity contribution is 0.414. The Labute approximate surface area is 77.1 Å². The van der Waals surface area contributed by atoms with Crippen LogP contribution < -0.4 is 4.74 Å². The van der Waals surface area contributed by atoms with Crippen LogP contribution in [-0.4, -0.2) is 13.2 Å². The number of ether oxygens (including phenoxy) is 1. The largest absolute Gasteiger partial charge is 0.497 e. The molecule has 0 heterocycles. The molecule has 3 heteroatoms. The number of rotatable bonds is 3. The van der Waals surface area contributed by atoms with Gasteiger partial charge in [0.05, 0.1) is 13.2 Å². The normalized spacial score (nSPS) is 11.5. The summed E-state index contributed by atoms with van der Waals surface area (Å²) in [5, 5.41) is 0. The van der Waals surface area contributed by atoms with Crippen LogP contribution in [0.5, 0.6) is 5.75 Å². The fraction of sp³-hybridized carbons (Fsp3) is 0.300. The van der Waals surface area contributed by atoms with Crippen LogP contribution >= 0.6 is 0 Å². The maximum atomic E-state index is 10.00. The highest BCUT2D eigenvalue weighted by atomic mass is 16.5. The zero-order valence-corrected chi connectivity index (χ0v) is 7.65. The summed E-state index contributed by atoms with van der Waals surface area (Å²) in [5.41, 5.74) is 0.976. The van der Waals surface area contributed by atoms with Crippen molar-refractivity contribution >= 4 is 6.08 Å². The number of isocyanates is 1. The summed E-state index contributed by atoms with van der Waals surface area (Å²) < 4.78 is 5.00. The molecular weight excluding hydrogens is 166 g/mol. The zero-order chi connectivity index (χ0) is 9.68. The Kier molecular flexibility index (Phi) is 3.23. The van der Waals surface area contributed by atoms with Crippen molar-refractivity contribution in [3.8, 4) is 5.75 Å². The summed E-state index contributed by atoms with van der Waals surface area (Å²) in [7, 11) is 1.61. The number of nitrogens with zero attached hydrogens (tertiary/aromatic N) is 1. The van der Waals surface area contributed by atoms with Crippen molar-refractivity contribution in [1.29, 1.82) is 0 Å². The van der Waals surface area contributed by atoms with E-state index in [0.717, 1.165) is 11.3 Å². The van der Waals surface area contributed by atoms with Gasteiger partial charge in [0.1, 0.15) is 5.75 Å². The Bertz CT molecular complexity index is 312. The Morgan fingerprint density at radius 1 is 1.38 bits per heavy atom. The van der Waals surface area contributed by atoms with Crippen LogP contribution in [0.1, 0.15) is 18.5 Å². The summed E-state index contributed by atoms with van der Waals surface area (Å²) in [5.74, 6) is 0.797. The highest BCUT2D eigenvalue weighted by molar-refractivity contribution is 5.36. The van der Waals surface area contributed by atoms with Crippen molar-refractivity contribution in [2.75, 3.05) is 7.11 Å². The van der Waals surface area contributed by atoms with E-state index in [4.69, 9.17) is 4.74 Å². The third-order valence-electron chi connectivity index (χ3n) is 1.84. The summed E-state index contributed by atoms with van der Waals surface area (Å²) in [6, 6.07) is 7.30. The fourth-order valence-corrected chi connectivity index (χ4v) is 1.04. The Morgan fingerprint density at radius 2 is 2.00 bits per heavy atom. The molecule has 0 radical (unpaired) electrons. The van der Waals surface area contributed by atoms with Gasteiger partial charge in [-0.1, -0.05) is 12.1 Å². The van der Waals surface area contributed by atoms with E-state index in [2.05, 4.69) is 4.99 Å². The van der Waals surface area contributed by atoms with Crippen LogP contribution in [0.3, 0.4) is 0 Å². The van der Waals surface area contributed by atoms with E-state index < -0.39 is 0 Å². The Hall–Kier alpha value is -1.60. The summed E-state index contributed by atoms with van der Waals surface area (Å²) in [4.78, 5) is 13.6. The molecular formula is C10H11NO2. The zero-order valence-electron chi connectivity index (χ0n) is 7.65. The maximum absolute atomic E-state index is 10.00. The van der Waals surface area contributed by atoms with E-state index in [-0.39, 0.29) is 6.04 Å². The minimum absolute atomic E-state index is 0.136. The standard InChI is InChI=1S/C10H11NO2/c1-8(11-7-12)9-3-5-10(13-2)6-4-9/h3-6,8H,1-2H3/t8-/m0/s1. The minimum atomic E-state index is -0.136. The second-order valence-electron chi connectivity index (χ2n) is 2.67. The van der Waals surface area contributed by atoms with Gasteiger partial charge < -0.3 is 4.74 Å². The molecule has 1 rings (SSSR count). The average Bonchev–Trinajstić information content (AvgIpc) is 2.18. The van der Waals surface area contributed by atoms with E-state index in [1.54, 1.807) is 7.11 Å². The lowest BCUT2D eigenvalue weighted by Crippen LogP contribution is -1.89. The smallest absolute Gasteiger partial charge is 0.235 e. The number of hydrogen-bond acceptors (Lipinski definition) is 3. The first-order valence-electron chi connectivity index (χ1n) is 3.99. The monoisotopic (exact) mass is 177 g/mol. The molecule has 0 saturated heterocycles. The Balaban J connectivity index is 2.85. The van der Waals surface area contributed by atoms with Gasteiger partial charge in [-0.05, 0) is 24.6 Å². The molecule has 1 aromatic rings. The molecule has 13 heavy (non-hydrogen) atoms. The average molecular weight is 177 g/mol. The van der Waals surface area contributed by atoms with Crippen molar-refractivity contribution in [3.63, 3.8) is 0 Å². The van der Waals surface area contributed by atoms with Crippen LogP contribution in [0.25, 0.3) is 0 Å². The molecule has 68 valence electrons. The highest BCUT2D eigenvalue weighted by Crippen LogP contribution is 2.19. The number of benzene rings is 1. The minimum Gasteiger partial charge on any atom is -0.497 e. The molecule has 1 atom stereocenters. The molecule has 3 nitrogen and oxygen atoms in total. The molecule has 0 saturated carbocycles.